The van der Waals surface area contributed by atoms with Crippen LogP contribution < -0.4 is 10.1 Å². The van der Waals surface area contributed by atoms with E-state index in [-0.39, 0.29) is 5.92 Å². The molecule has 1 aliphatic rings. The van der Waals surface area contributed by atoms with Crippen molar-refractivity contribution < 1.29 is 19.4 Å². The number of carbonyl (C=O) groups is 2. The molecule has 0 radical (unpaired) electrons. The van der Waals surface area contributed by atoms with Crippen LogP contribution in [-0.2, 0) is 9.59 Å². The first kappa shape index (κ1) is 11.4. The van der Waals surface area contributed by atoms with Crippen LogP contribution in [0.25, 0.3) is 0 Å². The van der Waals surface area contributed by atoms with Crippen LogP contribution in [-0.4, -0.2) is 30.6 Å². The van der Waals surface area contributed by atoms with E-state index in [0.717, 1.165) is 5.56 Å². The van der Waals surface area contributed by atoms with Gasteiger partial charge in [0.05, 0.1) is 7.11 Å². The Morgan fingerprint density at radius 3 is 2.94 bits per heavy atom. The van der Waals surface area contributed by atoms with Crippen LogP contribution in [0.15, 0.2) is 24.3 Å². The van der Waals surface area contributed by atoms with Gasteiger partial charge in [-0.05, 0) is 17.7 Å². The third-order valence-electron chi connectivity index (χ3n) is 2.97. The van der Waals surface area contributed by atoms with E-state index in [9.17, 15) is 9.59 Å². The summed E-state index contributed by atoms with van der Waals surface area (Å²) in [5.41, 5.74) is 0.801. The number of nitrogens with one attached hydrogen (secondary N) is 1. The van der Waals surface area contributed by atoms with E-state index in [4.69, 9.17) is 9.84 Å². The number of methoxy groups -OCH3 is 1. The monoisotopic (exact) mass is 235 g/mol. The predicted octanol–water partition coefficient (Wildman–Crippen LogP) is 0.609. The van der Waals surface area contributed by atoms with Gasteiger partial charge in [-0.2, -0.15) is 0 Å². The number of amides is 1. The number of carboxylic acids is 1. The smallest absolute Gasteiger partial charge is 0.316 e. The van der Waals surface area contributed by atoms with Gasteiger partial charge >= 0.3 is 5.97 Å². The summed E-state index contributed by atoms with van der Waals surface area (Å²) in [6.07, 6.45) is 0. The molecule has 0 bridgehead atoms. The summed E-state index contributed by atoms with van der Waals surface area (Å²) in [7, 11) is 1.55. The summed E-state index contributed by atoms with van der Waals surface area (Å²) in [4.78, 5) is 22.5. The van der Waals surface area contributed by atoms with Crippen molar-refractivity contribution >= 4 is 11.9 Å². The van der Waals surface area contributed by atoms with Crippen molar-refractivity contribution in [2.45, 2.75) is 5.92 Å². The summed E-state index contributed by atoms with van der Waals surface area (Å²) in [6, 6.07) is 7.14. The molecule has 1 saturated heterocycles. The summed E-state index contributed by atoms with van der Waals surface area (Å²) in [5.74, 6) is -2.21. The highest BCUT2D eigenvalue weighted by atomic mass is 16.5. The molecule has 1 aromatic rings. The predicted molar refractivity (Wildman–Crippen MR) is 59.9 cm³/mol. The molecule has 1 aromatic carbocycles. The molecule has 5 heteroatoms. The number of hydrogen-bond acceptors (Lipinski definition) is 3. The Morgan fingerprint density at radius 2 is 2.29 bits per heavy atom. The first-order valence-electron chi connectivity index (χ1n) is 5.28. The number of benzene rings is 1. The molecule has 5 nitrogen and oxygen atoms in total. The zero-order chi connectivity index (χ0) is 12.4. The number of carboxylic acid groups (broad SMARTS) is 1. The number of hydrogen-bond donors (Lipinski definition) is 2. The van der Waals surface area contributed by atoms with Gasteiger partial charge in [0.15, 0.2) is 0 Å². The average Bonchev–Trinajstić information content (AvgIpc) is 2.71. The molecule has 1 aliphatic heterocycles. The number of ether oxygens (including phenoxy) is 1. The molecule has 0 saturated carbocycles. The molecule has 17 heavy (non-hydrogen) atoms. The molecule has 2 atom stereocenters. The SMILES string of the molecule is COc1cccc([C@H]2CNC(=O)[C@@H]2C(=O)O)c1. The quantitative estimate of drug-likeness (QED) is 0.753. The average molecular weight is 235 g/mol. The zero-order valence-electron chi connectivity index (χ0n) is 9.34. The fraction of sp³-hybridized carbons (Fsp3) is 0.333. The Labute approximate surface area is 98.4 Å². The molecule has 90 valence electrons. The minimum absolute atomic E-state index is 0.338. The molecule has 1 heterocycles. The van der Waals surface area contributed by atoms with Crippen LogP contribution >= 0.6 is 0 Å². The lowest BCUT2D eigenvalue weighted by Crippen LogP contribution is -2.26. The first-order chi connectivity index (χ1) is 8.13. The summed E-state index contributed by atoms with van der Waals surface area (Å²) >= 11 is 0. The van der Waals surface area contributed by atoms with E-state index in [1.807, 2.05) is 6.07 Å². The molecule has 1 amide bonds. The van der Waals surface area contributed by atoms with Crippen molar-refractivity contribution in [3.05, 3.63) is 29.8 Å². The van der Waals surface area contributed by atoms with Crippen LogP contribution in [0.5, 0.6) is 5.75 Å². The highest BCUT2D eigenvalue weighted by molar-refractivity contribution is 5.99. The molecule has 0 spiro atoms. The molecule has 1 fully saturated rings. The highest BCUT2D eigenvalue weighted by Gasteiger charge is 2.41. The van der Waals surface area contributed by atoms with Gasteiger partial charge in [-0.3, -0.25) is 9.59 Å². The molecule has 2 rings (SSSR count). The largest absolute Gasteiger partial charge is 0.497 e. The molecule has 0 aliphatic carbocycles. The Morgan fingerprint density at radius 1 is 1.53 bits per heavy atom. The topological polar surface area (TPSA) is 75.6 Å². The second-order valence-electron chi connectivity index (χ2n) is 3.94. The van der Waals surface area contributed by atoms with Crippen molar-refractivity contribution in [2.24, 2.45) is 5.92 Å². The lowest BCUT2D eigenvalue weighted by molar-refractivity contribution is -0.145. The van der Waals surface area contributed by atoms with E-state index in [2.05, 4.69) is 5.32 Å². The molecular formula is C12H13NO4. The van der Waals surface area contributed by atoms with Crippen LogP contribution in [0, 0.1) is 5.92 Å². The van der Waals surface area contributed by atoms with E-state index in [1.165, 1.54) is 0 Å². The molecule has 0 unspecified atom stereocenters. The van der Waals surface area contributed by atoms with Crippen LogP contribution in [0.1, 0.15) is 11.5 Å². The van der Waals surface area contributed by atoms with Crippen molar-refractivity contribution in [2.75, 3.05) is 13.7 Å². The maximum Gasteiger partial charge on any atom is 0.316 e. The number of aliphatic carboxylic acids is 1. The van der Waals surface area contributed by atoms with Gasteiger partial charge in [0.1, 0.15) is 11.7 Å². The lowest BCUT2D eigenvalue weighted by atomic mass is 9.88. The Hall–Kier alpha value is -2.04. The molecule has 0 aromatic heterocycles. The van der Waals surface area contributed by atoms with Crippen LogP contribution in [0.4, 0.5) is 0 Å². The zero-order valence-corrected chi connectivity index (χ0v) is 9.34. The Kier molecular flexibility index (Phi) is 2.99. The number of carbonyl (C=O) groups excluding carboxylic acids is 1. The van der Waals surface area contributed by atoms with Crippen molar-refractivity contribution in [1.29, 1.82) is 0 Å². The lowest BCUT2D eigenvalue weighted by Gasteiger charge is -2.14. The molecule has 2 N–H and O–H groups in total. The Balaban J connectivity index is 2.32. The van der Waals surface area contributed by atoms with Gasteiger partial charge in [-0.1, -0.05) is 12.1 Å². The van der Waals surface area contributed by atoms with Crippen molar-refractivity contribution in [3.8, 4) is 5.75 Å². The van der Waals surface area contributed by atoms with Crippen molar-refractivity contribution in [3.63, 3.8) is 0 Å². The van der Waals surface area contributed by atoms with Gasteiger partial charge in [0.25, 0.3) is 0 Å². The van der Waals surface area contributed by atoms with Crippen LogP contribution in [0.3, 0.4) is 0 Å². The van der Waals surface area contributed by atoms with Crippen LogP contribution in [0.2, 0.25) is 0 Å². The van der Waals surface area contributed by atoms with Gasteiger partial charge in [-0.25, -0.2) is 0 Å². The second kappa shape index (κ2) is 4.45. The van der Waals surface area contributed by atoms with Gasteiger partial charge in [-0.15, -0.1) is 0 Å². The summed E-state index contributed by atoms with van der Waals surface area (Å²) in [6.45, 7) is 0.350. The van der Waals surface area contributed by atoms with E-state index < -0.39 is 17.8 Å². The van der Waals surface area contributed by atoms with Gasteiger partial charge < -0.3 is 15.2 Å². The Bertz CT molecular complexity index is 458. The summed E-state index contributed by atoms with van der Waals surface area (Å²) in [5, 5.41) is 11.6. The normalized spacial score (nSPS) is 23.2. The third-order valence-corrected chi connectivity index (χ3v) is 2.97. The maximum atomic E-state index is 11.4. The highest BCUT2D eigenvalue weighted by Crippen LogP contribution is 2.30. The van der Waals surface area contributed by atoms with Crippen molar-refractivity contribution in [1.82, 2.24) is 5.32 Å². The minimum atomic E-state index is -1.09. The fourth-order valence-corrected chi connectivity index (χ4v) is 2.09. The van der Waals surface area contributed by atoms with E-state index >= 15 is 0 Å². The summed E-state index contributed by atoms with van der Waals surface area (Å²) < 4.78 is 5.08. The number of rotatable bonds is 3. The first-order valence-corrected chi connectivity index (χ1v) is 5.28. The van der Waals surface area contributed by atoms with Gasteiger partial charge in [0.2, 0.25) is 5.91 Å². The molecular weight excluding hydrogens is 222 g/mol. The maximum absolute atomic E-state index is 11.4. The second-order valence-corrected chi connectivity index (χ2v) is 3.94. The van der Waals surface area contributed by atoms with E-state index in [0.29, 0.717) is 12.3 Å². The standard InChI is InChI=1S/C12H13NO4/c1-17-8-4-2-3-7(5-8)9-6-13-11(14)10(9)12(15)16/h2-5,9-10H,6H2,1H3,(H,13,14)(H,15,16)/t9-,10-/m1/s1. The van der Waals surface area contributed by atoms with Gasteiger partial charge in [0, 0.05) is 12.5 Å². The third kappa shape index (κ3) is 2.08. The van der Waals surface area contributed by atoms with E-state index in [1.54, 1.807) is 25.3 Å². The minimum Gasteiger partial charge on any atom is -0.497 e. The fourth-order valence-electron chi connectivity index (χ4n) is 2.09.